The van der Waals surface area contributed by atoms with E-state index in [2.05, 4.69) is 0 Å². The van der Waals surface area contributed by atoms with E-state index >= 15 is 0 Å². The minimum atomic E-state index is -0.803. The Morgan fingerprint density at radius 1 is 1.00 bits per heavy atom. The number of hydrogen-bond donors (Lipinski definition) is 0. The molecule has 0 aromatic heterocycles. The van der Waals surface area contributed by atoms with Gasteiger partial charge in [-0.2, -0.15) is 0 Å². The molecule has 1 aliphatic rings. The van der Waals surface area contributed by atoms with E-state index in [0.717, 1.165) is 0 Å². The minimum Gasteiger partial charge on any atom is -0.397 e. The van der Waals surface area contributed by atoms with Gasteiger partial charge in [-0.3, -0.25) is 4.79 Å². The smallest absolute Gasteiger partial charge is 0.397 e. The van der Waals surface area contributed by atoms with Crippen LogP contribution in [0.25, 0.3) is 0 Å². The SMILES string of the molecule is CC1(C)OB(C(=O)c2ccccc2)OC1(C)C. The molecule has 0 radical (unpaired) electrons. The molecule has 1 saturated heterocycles. The van der Waals surface area contributed by atoms with Crippen LogP contribution >= 0.6 is 0 Å². The second-order valence-corrected chi connectivity index (χ2v) is 5.32. The highest BCUT2D eigenvalue weighted by Crippen LogP contribution is 2.37. The maximum Gasteiger partial charge on any atom is 0.538 e. The van der Waals surface area contributed by atoms with E-state index in [1.807, 2.05) is 45.9 Å². The molecule has 1 heterocycles. The molecule has 1 aliphatic heterocycles. The quantitative estimate of drug-likeness (QED) is 0.735. The zero-order valence-electron chi connectivity index (χ0n) is 10.7. The topological polar surface area (TPSA) is 35.5 Å². The average Bonchev–Trinajstić information content (AvgIpc) is 2.48. The fourth-order valence-electron chi connectivity index (χ4n) is 1.69. The maximum absolute atomic E-state index is 12.2. The molecule has 0 atom stereocenters. The normalized spacial score (nSPS) is 21.5. The van der Waals surface area contributed by atoms with Gasteiger partial charge in [0.05, 0.1) is 11.2 Å². The largest absolute Gasteiger partial charge is 0.538 e. The van der Waals surface area contributed by atoms with Crippen LogP contribution in [-0.4, -0.2) is 24.0 Å². The van der Waals surface area contributed by atoms with Crippen LogP contribution in [0, 0.1) is 0 Å². The van der Waals surface area contributed by atoms with Crippen molar-refractivity contribution in [3.05, 3.63) is 35.9 Å². The third kappa shape index (κ3) is 2.15. The molecule has 4 heteroatoms. The molecule has 0 unspecified atom stereocenters. The number of rotatable bonds is 2. The van der Waals surface area contributed by atoms with Gasteiger partial charge in [-0.15, -0.1) is 0 Å². The summed E-state index contributed by atoms with van der Waals surface area (Å²) in [5, 5.41) is 0. The van der Waals surface area contributed by atoms with E-state index in [4.69, 9.17) is 9.31 Å². The van der Waals surface area contributed by atoms with Gasteiger partial charge in [-0.05, 0) is 27.7 Å². The second kappa shape index (κ2) is 3.96. The molecule has 0 N–H and O–H groups in total. The van der Waals surface area contributed by atoms with E-state index in [0.29, 0.717) is 5.56 Å². The minimum absolute atomic E-state index is 0.121. The van der Waals surface area contributed by atoms with Crippen LogP contribution in [-0.2, 0) is 9.31 Å². The summed E-state index contributed by atoms with van der Waals surface area (Å²) < 4.78 is 11.4. The number of carbonyl (C=O) groups is 1. The molecule has 1 aromatic rings. The number of benzene rings is 1. The van der Waals surface area contributed by atoms with Crippen LogP contribution < -0.4 is 0 Å². The molecule has 0 aliphatic carbocycles. The van der Waals surface area contributed by atoms with Crippen LogP contribution in [0.4, 0.5) is 0 Å². The molecule has 3 nitrogen and oxygen atoms in total. The standard InChI is InChI=1S/C13H17BO3/c1-12(2)13(3,4)17-14(16-12)11(15)10-8-6-5-7-9-10/h5-9H,1-4H3. The van der Waals surface area contributed by atoms with Crippen molar-refractivity contribution in [2.24, 2.45) is 0 Å². The van der Waals surface area contributed by atoms with E-state index in [9.17, 15) is 4.79 Å². The predicted molar refractivity (Wildman–Crippen MR) is 66.9 cm³/mol. The van der Waals surface area contributed by atoms with Crippen LogP contribution in [0.5, 0.6) is 0 Å². The molecule has 1 fully saturated rings. The highest BCUT2D eigenvalue weighted by molar-refractivity contribution is 6.84. The van der Waals surface area contributed by atoms with E-state index in [1.54, 1.807) is 12.1 Å². The van der Waals surface area contributed by atoms with Gasteiger partial charge in [-0.25, -0.2) is 0 Å². The molecule has 0 spiro atoms. The molecular formula is C13H17BO3. The van der Waals surface area contributed by atoms with Gasteiger partial charge in [0.1, 0.15) is 0 Å². The Hall–Kier alpha value is -1.13. The molecule has 0 amide bonds. The van der Waals surface area contributed by atoms with Gasteiger partial charge in [0.25, 0.3) is 0 Å². The first-order valence-electron chi connectivity index (χ1n) is 5.78. The molecule has 0 saturated carbocycles. The summed E-state index contributed by atoms with van der Waals surface area (Å²) in [5.74, 6) is 0. The highest BCUT2D eigenvalue weighted by Gasteiger charge is 2.54. The van der Waals surface area contributed by atoms with E-state index in [-0.39, 0.29) is 5.68 Å². The van der Waals surface area contributed by atoms with Gasteiger partial charge >= 0.3 is 7.12 Å². The molecule has 17 heavy (non-hydrogen) atoms. The van der Waals surface area contributed by atoms with Crippen molar-refractivity contribution in [2.75, 3.05) is 0 Å². The first-order valence-corrected chi connectivity index (χ1v) is 5.78. The van der Waals surface area contributed by atoms with Crippen LogP contribution in [0.3, 0.4) is 0 Å². The predicted octanol–water partition coefficient (Wildman–Crippen LogP) is 2.50. The molecule has 0 bridgehead atoms. The Kier molecular flexibility index (Phi) is 2.88. The van der Waals surface area contributed by atoms with Crippen molar-refractivity contribution in [1.82, 2.24) is 0 Å². The van der Waals surface area contributed by atoms with E-state index in [1.165, 1.54) is 0 Å². The van der Waals surface area contributed by atoms with Gasteiger partial charge in [0, 0.05) is 5.56 Å². The summed E-state index contributed by atoms with van der Waals surface area (Å²) in [6.45, 7) is 7.74. The Morgan fingerprint density at radius 3 is 1.94 bits per heavy atom. The summed E-state index contributed by atoms with van der Waals surface area (Å²) in [7, 11) is -0.803. The molecule has 2 rings (SSSR count). The first-order chi connectivity index (χ1) is 7.83. The lowest BCUT2D eigenvalue weighted by Crippen LogP contribution is -2.41. The summed E-state index contributed by atoms with van der Waals surface area (Å²) in [5.41, 5.74) is -0.445. The Morgan fingerprint density at radius 2 is 1.47 bits per heavy atom. The van der Waals surface area contributed by atoms with Gasteiger partial charge in [0.15, 0.2) is 5.68 Å². The first kappa shape index (κ1) is 12.3. The fraction of sp³-hybridized carbons (Fsp3) is 0.462. The zero-order valence-corrected chi connectivity index (χ0v) is 10.7. The van der Waals surface area contributed by atoms with Crippen molar-refractivity contribution in [2.45, 2.75) is 38.9 Å². The van der Waals surface area contributed by atoms with Crippen molar-refractivity contribution in [3.8, 4) is 0 Å². The zero-order chi connectivity index (χ0) is 12.7. The monoisotopic (exact) mass is 232 g/mol. The summed E-state index contributed by atoms with van der Waals surface area (Å²) in [6, 6.07) is 9.08. The lowest BCUT2D eigenvalue weighted by atomic mass is 9.79. The molecule has 90 valence electrons. The lowest BCUT2D eigenvalue weighted by molar-refractivity contribution is 0.00578. The number of hydrogen-bond acceptors (Lipinski definition) is 3. The molecular weight excluding hydrogens is 215 g/mol. The highest BCUT2D eigenvalue weighted by atomic mass is 16.7. The Bertz CT molecular complexity index is 410. The van der Waals surface area contributed by atoms with Crippen molar-refractivity contribution in [1.29, 1.82) is 0 Å². The van der Waals surface area contributed by atoms with Crippen LogP contribution in [0.15, 0.2) is 30.3 Å². The fourth-order valence-corrected chi connectivity index (χ4v) is 1.69. The Balaban J connectivity index is 2.20. The average molecular weight is 232 g/mol. The maximum atomic E-state index is 12.2. The van der Waals surface area contributed by atoms with Crippen molar-refractivity contribution in [3.63, 3.8) is 0 Å². The van der Waals surface area contributed by atoms with Crippen molar-refractivity contribution < 1.29 is 14.1 Å². The summed E-state index contributed by atoms with van der Waals surface area (Å²) >= 11 is 0. The third-order valence-electron chi connectivity index (χ3n) is 3.53. The second-order valence-electron chi connectivity index (χ2n) is 5.32. The van der Waals surface area contributed by atoms with Crippen LogP contribution in [0.2, 0.25) is 0 Å². The number of carbonyl (C=O) groups excluding carboxylic acids is 1. The van der Waals surface area contributed by atoms with Gasteiger partial charge in [-0.1, -0.05) is 30.3 Å². The summed E-state index contributed by atoms with van der Waals surface area (Å²) in [4.78, 5) is 12.2. The van der Waals surface area contributed by atoms with E-state index < -0.39 is 18.3 Å². The Labute approximate surface area is 102 Å². The summed E-state index contributed by atoms with van der Waals surface area (Å²) in [6.07, 6.45) is 0. The van der Waals surface area contributed by atoms with Crippen molar-refractivity contribution >= 4 is 12.8 Å². The molecule has 1 aromatic carbocycles. The van der Waals surface area contributed by atoms with Crippen LogP contribution in [0.1, 0.15) is 38.1 Å². The van der Waals surface area contributed by atoms with Gasteiger partial charge in [0.2, 0.25) is 0 Å². The third-order valence-corrected chi connectivity index (χ3v) is 3.53. The lowest BCUT2D eigenvalue weighted by Gasteiger charge is -2.32. The van der Waals surface area contributed by atoms with Gasteiger partial charge < -0.3 is 9.31 Å².